The number of hydrogen-bond donors (Lipinski definition) is 2. The minimum absolute atomic E-state index is 0.277. The number of ether oxygens (including phenoxy) is 1. The summed E-state index contributed by atoms with van der Waals surface area (Å²) in [5, 5.41) is 12.7. The van der Waals surface area contributed by atoms with Gasteiger partial charge in [0.25, 0.3) is 0 Å². The fourth-order valence-corrected chi connectivity index (χ4v) is 3.40. The van der Waals surface area contributed by atoms with Crippen LogP contribution in [0.5, 0.6) is 0 Å². The van der Waals surface area contributed by atoms with Crippen molar-refractivity contribution in [3.05, 3.63) is 0 Å². The summed E-state index contributed by atoms with van der Waals surface area (Å²) in [6, 6.07) is 0.547. The first-order valence-electron chi connectivity index (χ1n) is 8.50. The smallest absolute Gasteiger partial charge is 0.0558 e. The molecule has 0 aromatic carbocycles. The maximum atomic E-state index is 9.03. The fourth-order valence-electron chi connectivity index (χ4n) is 3.40. The van der Waals surface area contributed by atoms with Gasteiger partial charge in [-0.2, -0.15) is 0 Å². The van der Waals surface area contributed by atoms with Crippen LogP contribution in [0.2, 0.25) is 0 Å². The Labute approximate surface area is 129 Å². The second kappa shape index (κ2) is 8.44. The van der Waals surface area contributed by atoms with Crippen molar-refractivity contribution in [1.82, 2.24) is 15.1 Å². The highest BCUT2D eigenvalue weighted by Crippen LogP contribution is 2.31. The fraction of sp³-hybridized carbons (Fsp3) is 1.00. The van der Waals surface area contributed by atoms with Gasteiger partial charge in [0.2, 0.25) is 0 Å². The lowest BCUT2D eigenvalue weighted by Gasteiger charge is -2.44. The van der Waals surface area contributed by atoms with Gasteiger partial charge >= 0.3 is 0 Å². The van der Waals surface area contributed by atoms with Crippen molar-refractivity contribution in [1.29, 1.82) is 0 Å². The van der Waals surface area contributed by atoms with Gasteiger partial charge < -0.3 is 20.1 Å². The third-order valence-corrected chi connectivity index (χ3v) is 4.88. The topological polar surface area (TPSA) is 48.0 Å². The highest BCUT2D eigenvalue weighted by Gasteiger charge is 2.35. The summed E-state index contributed by atoms with van der Waals surface area (Å²) in [5.74, 6) is 0. The molecule has 5 nitrogen and oxygen atoms in total. The molecule has 2 N–H and O–H groups in total. The van der Waals surface area contributed by atoms with E-state index in [1.807, 2.05) is 0 Å². The van der Waals surface area contributed by atoms with Crippen molar-refractivity contribution in [3.8, 4) is 0 Å². The first-order chi connectivity index (χ1) is 10.1. The van der Waals surface area contributed by atoms with Crippen molar-refractivity contribution < 1.29 is 9.84 Å². The van der Waals surface area contributed by atoms with E-state index < -0.39 is 0 Å². The lowest BCUT2D eigenvalue weighted by atomic mass is 9.79. The molecule has 2 saturated heterocycles. The van der Waals surface area contributed by atoms with E-state index in [-0.39, 0.29) is 6.61 Å². The maximum absolute atomic E-state index is 9.03. The number of aliphatic hydroxyl groups is 1. The van der Waals surface area contributed by atoms with Crippen LogP contribution in [0.1, 0.15) is 26.7 Å². The van der Waals surface area contributed by atoms with Gasteiger partial charge in [0.05, 0.1) is 6.61 Å². The van der Waals surface area contributed by atoms with E-state index in [0.29, 0.717) is 11.5 Å². The highest BCUT2D eigenvalue weighted by molar-refractivity contribution is 4.89. The van der Waals surface area contributed by atoms with Gasteiger partial charge in [-0.25, -0.2) is 0 Å². The molecule has 21 heavy (non-hydrogen) atoms. The third kappa shape index (κ3) is 5.49. The number of piperazine rings is 1. The summed E-state index contributed by atoms with van der Waals surface area (Å²) < 4.78 is 5.59. The molecule has 2 fully saturated rings. The maximum Gasteiger partial charge on any atom is 0.0558 e. The van der Waals surface area contributed by atoms with Gasteiger partial charge in [0, 0.05) is 65.1 Å². The molecule has 0 spiro atoms. The van der Waals surface area contributed by atoms with Crippen LogP contribution in [-0.4, -0.2) is 86.6 Å². The second-order valence-corrected chi connectivity index (χ2v) is 6.99. The molecular weight excluding hydrogens is 266 g/mol. The normalized spacial score (nSPS) is 24.6. The Morgan fingerprint density at radius 2 is 1.71 bits per heavy atom. The Balaban J connectivity index is 1.84. The zero-order chi connectivity index (χ0) is 15.1. The van der Waals surface area contributed by atoms with Crippen molar-refractivity contribution in [2.45, 2.75) is 32.7 Å². The van der Waals surface area contributed by atoms with Gasteiger partial charge in [-0.05, 0) is 18.3 Å². The number of aliphatic hydroxyl groups excluding tert-OH is 1. The molecule has 2 rings (SSSR count). The summed E-state index contributed by atoms with van der Waals surface area (Å²) in [6.45, 7) is 14.1. The van der Waals surface area contributed by atoms with Gasteiger partial charge in [-0.1, -0.05) is 13.8 Å². The van der Waals surface area contributed by atoms with Crippen LogP contribution in [0.15, 0.2) is 0 Å². The van der Waals surface area contributed by atoms with Gasteiger partial charge in [-0.3, -0.25) is 4.90 Å². The first kappa shape index (κ1) is 17.2. The standard InChI is InChI=1S/C16H33N3O2/c1-15(2)17-13-16(3-11-21-12-4-16)14-19-7-5-18(6-8-19)9-10-20/h15,17,20H,3-14H2,1-2H3. The largest absolute Gasteiger partial charge is 0.395 e. The molecule has 0 atom stereocenters. The average molecular weight is 299 g/mol. The molecule has 0 unspecified atom stereocenters. The molecule has 0 aliphatic carbocycles. The predicted molar refractivity (Wildman–Crippen MR) is 85.6 cm³/mol. The minimum atomic E-state index is 0.277. The van der Waals surface area contributed by atoms with Crippen LogP contribution in [0.3, 0.4) is 0 Å². The second-order valence-electron chi connectivity index (χ2n) is 6.99. The molecular formula is C16H33N3O2. The Hall–Kier alpha value is -0.200. The molecule has 2 aliphatic heterocycles. The van der Waals surface area contributed by atoms with Crippen molar-refractivity contribution in [2.75, 3.05) is 65.6 Å². The van der Waals surface area contributed by atoms with Crippen LogP contribution in [0.25, 0.3) is 0 Å². The first-order valence-corrected chi connectivity index (χ1v) is 8.50. The van der Waals surface area contributed by atoms with Crippen LogP contribution in [-0.2, 0) is 4.74 Å². The zero-order valence-corrected chi connectivity index (χ0v) is 13.8. The molecule has 0 bridgehead atoms. The lowest BCUT2D eigenvalue weighted by Crippen LogP contribution is -2.53. The Morgan fingerprint density at radius 1 is 1.10 bits per heavy atom. The highest BCUT2D eigenvalue weighted by atomic mass is 16.5. The zero-order valence-electron chi connectivity index (χ0n) is 13.8. The van der Waals surface area contributed by atoms with Gasteiger partial charge in [0.15, 0.2) is 0 Å². The van der Waals surface area contributed by atoms with Gasteiger partial charge in [-0.15, -0.1) is 0 Å². The van der Waals surface area contributed by atoms with E-state index in [0.717, 1.165) is 52.5 Å². The number of β-amino-alcohol motifs (C(OH)–C–C–N with tert-alkyl or cyclic N) is 1. The van der Waals surface area contributed by atoms with E-state index in [9.17, 15) is 0 Å². The Kier molecular flexibility index (Phi) is 6.89. The molecule has 0 saturated carbocycles. The van der Waals surface area contributed by atoms with E-state index in [1.165, 1.54) is 19.4 Å². The minimum Gasteiger partial charge on any atom is -0.395 e. The molecule has 0 aromatic heterocycles. The summed E-state index contributed by atoms with van der Waals surface area (Å²) in [7, 11) is 0. The monoisotopic (exact) mass is 299 g/mol. The van der Waals surface area contributed by atoms with E-state index in [1.54, 1.807) is 0 Å². The van der Waals surface area contributed by atoms with Crippen molar-refractivity contribution in [3.63, 3.8) is 0 Å². The number of nitrogens with zero attached hydrogens (tertiary/aromatic N) is 2. The molecule has 0 radical (unpaired) electrons. The predicted octanol–water partition coefficient (Wildman–Crippen LogP) is 0.391. The summed E-state index contributed by atoms with van der Waals surface area (Å²) in [5.41, 5.74) is 0.377. The molecule has 5 heteroatoms. The Morgan fingerprint density at radius 3 is 2.29 bits per heavy atom. The lowest BCUT2D eigenvalue weighted by molar-refractivity contribution is -0.0138. The number of nitrogens with one attached hydrogen (secondary N) is 1. The third-order valence-electron chi connectivity index (χ3n) is 4.88. The van der Waals surface area contributed by atoms with E-state index in [4.69, 9.17) is 9.84 Å². The van der Waals surface area contributed by atoms with Crippen molar-refractivity contribution >= 4 is 0 Å². The molecule has 2 aliphatic rings. The van der Waals surface area contributed by atoms with Crippen LogP contribution in [0.4, 0.5) is 0 Å². The molecule has 0 aromatic rings. The van der Waals surface area contributed by atoms with Gasteiger partial charge in [0.1, 0.15) is 0 Å². The summed E-state index contributed by atoms with van der Waals surface area (Å²) >= 11 is 0. The van der Waals surface area contributed by atoms with Crippen LogP contribution in [0, 0.1) is 5.41 Å². The van der Waals surface area contributed by atoms with E-state index >= 15 is 0 Å². The van der Waals surface area contributed by atoms with Crippen molar-refractivity contribution in [2.24, 2.45) is 5.41 Å². The number of hydrogen-bond acceptors (Lipinski definition) is 5. The molecule has 2 heterocycles. The average Bonchev–Trinajstić information content (AvgIpc) is 2.49. The number of rotatable bonds is 7. The van der Waals surface area contributed by atoms with Crippen LogP contribution >= 0.6 is 0 Å². The summed E-state index contributed by atoms with van der Waals surface area (Å²) in [6.07, 6.45) is 2.34. The Bertz CT molecular complexity index is 285. The molecule has 124 valence electrons. The van der Waals surface area contributed by atoms with Crippen LogP contribution < -0.4 is 5.32 Å². The SMILES string of the molecule is CC(C)NCC1(CN2CCN(CCO)CC2)CCOCC1. The quantitative estimate of drug-likeness (QED) is 0.712. The molecule has 0 amide bonds. The summed E-state index contributed by atoms with van der Waals surface area (Å²) in [4.78, 5) is 4.97. The van der Waals surface area contributed by atoms with E-state index in [2.05, 4.69) is 29.0 Å².